The Hall–Kier alpha value is -1.33. The van der Waals surface area contributed by atoms with E-state index in [1.807, 2.05) is 17.0 Å². The molecule has 0 saturated carbocycles. The lowest BCUT2D eigenvalue weighted by molar-refractivity contribution is -0.162. The van der Waals surface area contributed by atoms with E-state index in [0.29, 0.717) is 25.7 Å². The van der Waals surface area contributed by atoms with E-state index in [1.54, 1.807) is 0 Å². The highest BCUT2D eigenvalue weighted by Crippen LogP contribution is 2.35. The molecule has 1 amide bonds. The monoisotopic (exact) mass is 307 g/mol. The van der Waals surface area contributed by atoms with E-state index in [9.17, 15) is 4.79 Å². The normalized spacial score (nSPS) is 29.5. The summed E-state index contributed by atoms with van der Waals surface area (Å²) in [7, 11) is 0. The van der Waals surface area contributed by atoms with Crippen molar-refractivity contribution in [2.75, 3.05) is 26.4 Å². The van der Waals surface area contributed by atoms with Crippen LogP contribution in [0.1, 0.15) is 44.3 Å². The standard InChI is InChI=1S/C17H25NO4/c1-3-13-4-5-15(22-13)14-10-12(2)6-7-18(14)17(19)16-11-20-8-9-21-16/h4-5,12,14,16H,3,6-11H2,1-2H3/t12-,14-,16+/m0/s1. The van der Waals surface area contributed by atoms with Crippen LogP contribution in [0.5, 0.6) is 0 Å². The predicted molar refractivity (Wildman–Crippen MR) is 81.5 cm³/mol. The van der Waals surface area contributed by atoms with Crippen molar-refractivity contribution >= 4 is 5.91 Å². The van der Waals surface area contributed by atoms with Gasteiger partial charge in [-0.2, -0.15) is 0 Å². The predicted octanol–water partition coefficient (Wildman–Crippen LogP) is 2.56. The van der Waals surface area contributed by atoms with Crippen LogP contribution >= 0.6 is 0 Å². The van der Waals surface area contributed by atoms with E-state index >= 15 is 0 Å². The first-order valence-electron chi connectivity index (χ1n) is 8.27. The highest BCUT2D eigenvalue weighted by Gasteiger charge is 2.37. The number of aryl methyl sites for hydroxylation is 1. The van der Waals surface area contributed by atoms with Gasteiger partial charge in [0.1, 0.15) is 11.5 Å². The quantitative estimate of drug-likeness (QED) is 0.861. The molecule has 1 aromatic rings. The maximum Gasteiger partial charge on any atom is 0.254 e. The lowest BCUT2D eigenvalue weighted by atomic mass is 9.90. The molecule has 0 bridgehead atoms. The van der Waals surface area contributed by atoms with Gasteiger partial charge in [-0.1, -0.05) is 13.8 Å². The molecule has 5 heteroatoms. The summed E-state index contributed by atoms with van der Waals surface area (Å²) in [6, 6.07) is 4.04. The maximum absolute atomic E-state index is 12.8. The summed E-state index contributed by atoms with van der Waals surface area (Å²) in [6.07, 6.45) is 2.37. The second-order valence-electron chi connectivity index (χ2n) is 6.27. The number of nitrogens with zero attached hydrogens (tertiary/aromatic N) is 1. The topological polar surface area (TPSA) is 51.9 Å². The van der Waals surface area contributed by atoms with Gasteiger partial charge in [0.05, 0.1) is 25.9 Å². The summed E-state index contributed by atoms with van der Waals surface area (Å²) in [4.78, 5) is 14.7. The van der Waals surface area contributed by atoms with Gasteiger partial charge in [0.15, 0.2) is 6.10 Å². The molecule has 0 N–H and O–H groups in total. The third-order valence-corrected chi connectivity index (χ3v) is 4.60. The number of piperidine rings is 1. The molecule has 3 heterocycles. The number of carbonyl (C=O) groups is 1. The van der Waals surface area contributed by atoms with Gasteiger partial charge in [-0.05, 0) is 30.9 Å². The summed E-state index contributed by atoms with van der Waals surface area (Å²) in [6.45, 7) is 6.48. The van der Waals surface area contributed by atoms with E-state index in [0.717, 1.165) is 37.3 Å². The van der Waals surface area contributed by atoms with Crippen LogP contribution in [0.15, 0.2) is 16.5 Å². The van der Waals surface area contributed by atoms with Gasteiger partial charge in [0, 0.05) is 13.0 Å². The Balaban J connectivity index is 1.78. The first kappa shape index (κ1) is 15.6. The highest BCUT2D eigenvalue weighted by atomic mass is 16.6. The van der Waals surface area contributed by atoms with Gasteiger partial charge >= 0.3 is 0 Å². The zero-order valence-electron chi connectivity index (χ0n) is 13.4. The summed E-state index contributed by atoms with van der Waals surface area (Å²) in [5.74, 6) is 2.49. The molecule has 2 aliphatic rings. The molecule has 2 saturated heterocycles. The number of amides is 1. The van der Waals surface area contributed by atoms with Crippen LogP contribution in [0.3, 0.4) is 0 Å². The molecule has 0 spiro atoms. The molecule has 5 nitrogen and oxygen atoms in total. The average molecular weight is 307 g/mol. The number of likely N-dealkylation sites (tertiary alicyclic amines) is 1. The van der Waals surface area contributed by atoms with Crippen molar-refractivity contribution in [2.45, 2.75) is 45.3 Å². The highest BCUT2D eigenvalue weighted by molar-refractivity contribution is 5.81. The number of carbonyl (C=O) groups excluding carboxylic acids is 1. The maximum atomic E-state index is 12.8. The number of ether oxygens (including phenoxy) is 2. The Morgan fingerprint density at radius 2 is 2.23 bits per heavy atom. The van der Waals surface area contributed by atoms with Crippen LogP contribution in [0.4, 0.5) is 0 Å². The third kappa shape index (κ3) is 3.20. The fourth-order valence-corrected chi connectivity index (χ4v) is 3.25. The first-order chi connectivity index (χ1) is 10.7. The molecule has 3 atom stereocenters. The molecule has 3 rings (SSSR count). The Bertz CT molecular complexity index is 507. The molecule has 122 valence electrons. The Morgan fingerprint density at radius 1 is 1.36 bits per heavy atom. The van der Waals surface area contributed by atoms with Crippen LogP contribution in [-0.2, 0) is 20.7 Å². The van der Waals surface area contributed by atoms with Crippen molar-refractivity contribution in [3.05, 3.63) is 23.7 Å². The van der Waals surface area contributed by atoms with Gasteiger partial charge in [0.25, 0.3) is 5.91 Å². The molecule has 2 fully saturated rings. The summed E-state index contributed by atoms with van der Waals surface area (Å²) in [5, 5.41) is 0. The minimum Gasteiger partial charge on any atom is -0.464 e. The van der Waals surface area contributed by atoms with E-state index in [2.05, 4.69) is 13.8 Å². The fourth-order valence-electron chi connectivity index (χ4n) is 3.25. The number of hydrogen-bond acceptors (Lipinski definition) is 4. The third-order valence-electron chi connectivity index (χ3n) is 4.60. The summed E-state index contributed by atoms with van der Waals surface area (Å²) >= 11 is 0. The van der Waals surface area contributed by atoms with Crippen LogP contribution in [0.25, 0.3) is 0 Å². The van der Waals surface area contributed by atoms with Gasteiger partial charge in [-0.15, -0.1) is 0 Å². The van der Waals surface area contributed by atoms with Crippen molar-refractivity contribution in [2.24, 2.45) is 5.92 Å². The molecule has 22 heavy (non-hydrogen) atoms. The van der Waals surface area contributed by atoms with E-state index in [4.69, 9.17) is 13.9 Å². The lowest BCUT2D eigenvalue weighted by Gasteiger charge is -2.39. The summed E-state index contributed by atoms with van der Waals surface area (Å²) < 4.78 is 16.9. The van der Waals surface area contributed by atoms with Crippen LogP contribution in [-0.4, -0.2) is 43.3 Å². The van der Waals surface area contributed by atoms with Gasteiger partial charge in [-0.3, -0.25) is 4.79 Å². The van der Waals surface area contributed by atoms with Gasteiger partial charge in [0.2, 0.25) is 0 Å². The van der Waals surface area contributed by atoms with E-state index < -0.39 is 6.10 Å². The number of rotatable bonds is 3. The van der Waals surface area contributed by atoms with E-state index in [1.165, 1.54) is 0 Å². The molecule has 0 radical (unpaired) electrons. The minimum absolute atomic E-state index is 0.0158. The Kier molecular flexibility index (Phi) is 4.84. The van der Waals surface area contributed by atoms with Crippen molar-refractivity contribution < 1.29 is 18.7 Å². The smallest absolute Gasteiger partial charge is 0.254 e. The van der Waals surface area contributed by atoms with Crippen molar-refractivity contribution in [3.8, 4) is 0 Å². The molecule has 2 aliphatic heterocycles. The summed E-state index contributed by atoms with van der Waals surface area (Å²) in [5.41, 5.74) is 0. The molecule has 1 aromatic heterocycles. The molecular formula is C17H25NO4. The molecular weight excluding hydrogens is 282 g/mol. The largest absolute Gasteiger partial charge is 0.464 e. The van der Waals surface area contributed by atoms with E-state index in [-0.39, 0.29) is 11.9 Å². The van der Waals surface area contributed by atoms with Crippen LogP contribution in [0, 0.1) is 5.92 Å². The van der Waals surface area contributed by atoms with Crippen LogP contribution in [0.2, 0.25) is 0 Å². The SMILES string of the molecule is CCc1ccc([C@@H]2C[C@@H](C)CCN2C(=O)[C@H]2COCCO2)o1. The fraction of sp³-hybridized carbons (Fsp3) is 0.706. The second-order valence-corrected chi connectivity index (χ2v) is 6.27. The average Bonchev–Trinajstić information content (AvgIpc) is 3.04. The second kappa shape index (κ2) is 6.84. The molecule has 0 unspecified atom stereocenters. The van der Waals surface area contributed by atoms with Gasteiger partial charge in [-0.25, -0.2) is 0 Å². The van der Waals surface area contributed by atoms with Crippen molar-refractivity contribution in [1.29, 1.82) is 0 Å². The van der Waals surface area contributed by atoms with Crippen molar-refractivity contribution in [3.63, 3.8) is 0 Å². The molecule has 0 aliphatic carbocycles. The first-order valence-corrected chi connectivity index (χ1v) is 8.27. The number of furan rings is 1. The van der Waals surface area contributed by atoms with Crippen LogP contribution < -0.4 is 0 Å². The minimum atomic E-state index is -0.467. The zero-order valence-corrected chi connectivity index (χ0v) is 13.4. The number of hydrogen-bond donors (Lipinski definition) is 0. The lowest BCUT2D eigenvalue weighted by Crippen LogP contribution is -2.49. The molecule has 0 aromatic carbocycles. The van der Waals surface area contributed by atoms with Crippen molar-refractivity contribution in [1.82, 2.24) is 4.90 Å². The zero-order chi connectivity index (χ0) is 15.5. The Labute approximate surface area is 131 Å². The Morgan fingerprint density at radius 3 is 2.91 bits per heavy atom. The van der Waals surface area contributed by atoms with Gasteiger partial charge < -0.3 is 18.8 Å².